The number of nitrogens with zero attached hydrogens (tertiary/aromatic N) is 2. The lowest BCUT2D eigenvalue weighted by Gasteiger charge is -2.17. The molecule has 2 heterocycles. The second kappa shape index (κ2) is 8.31. The third-order valence-corrected chi connectivity index (χ3v) is 5.56. The molecule has 27 heavy (non-hydrogen) atoms. The first-order valence-electron chi connectivity index (χ1n) is 8.85. The van der Waals surface area contributed by atoms with Crippen molar-refractivity contribution in [2.45, 2.75) is 31.5 Å². The molecule has 0 aromatic carbocycles. The molecular formula is C19H24BrN3O4. The van der Waals surface area contributed by atoms with Crippen molar-refractivity contribution in [1.29, 1.82) is 0 Å². The predicted octanol–water partition coefficient (Wildman–Crippen LogP) is 2.01. The zero-order chi connectivity index (χ0) is 19.6. The van der Waals surface area contributed by atoms with Gasteiger partial charge in [0.15, 0.2) is 0 Å². The number of likely N-dealkylation sites (N-methyl/N-ethyl adjacent to an activating group) is 1. The van der Waals surface area contributed by atoms with Crippen LogP contribution in [0.2, 0.25) is 0 Å². The van der Waals surface area contributed by atoms with Gasteiger partial charge < -0.3 is 19.9 Å². The highest BCUT2D eigenvalue weighted by Gasteiger charge is 2.35. The molecule has 2 N–H and O–H groups in total. The summed E-state index contributed by atoms with van der Waals surface area (Å²) in [5.41, 5.74) is 6.36. The third kappa shape index (κ3) is 4.27. The molecule has 3 aliphatic rings. The first-order valence-corrected chi connectivity index (χ1v) is 9.64. The van der Waals surface area contributed by atoms with Gasteiger partial charge in [0.25, 0.3) is 0 Å². The Labute approximate surface area is 167 Å². The monoisotopic (exact) mass is 437 g/mol. The number of primary amides is 1. The summed E-state index contributed by atoms with van der Waals surface area (Å²) in [5, 5.41) is 0. The van der Waals surface area contributed by atoms with Gasteiger partial charge in [0.05, 0.1) is 24.2 Å². The van der Waals surface area contributed by atoms with Crippen molar-refractivity contribution in [2.24, 2.45) is 10.7 Å². The van der Waals surface area contributed by atoms with E-state index < -0.39 is 0 Å². The first kappa shape index (κ1) is 19.7. The van der Waals surface area contributed by atoms with Gasteiger partial charge >= 0.3 is 0 Å². The zero-order valence-corrected chi connectivity index (χ0v) is 17.2. The van der Waals surface area contributed by atoms with Gasteiger partial charge in [-0.25, -0.2) is 4.99 Å². The van der Waals surface area contributed by atoms with E-state index in [4.69, 9.17) is 19.9 Å². The first-order chi connectivity index (χ1) is 12.9. The lowest BCUT2D eigenvalue weighted by Crippen LogP contribution is -2.37. The third-order valence-electron chi connectivity index (χ3n) is 4.70. The molecule has 2 bridgehead atoms. The summed E-state index contributed by atoms with van der Waals surface area (Å²) in [5.74, 6) is 1.51. The molecule has 0 saturated carbocycles. The Hall–Kier alpha value is -2.06. The number of likely N-dealkylation sites (tertiary alicyclic amines) is 1. The van der Waals surface area contributed by atoms with E-state index >= 15 is 0 Å². The molecule has 1 aliphatic carbocycles. The Kier molecular flexibility index (Phi) is 6.06. The SMILES string of the molecule is CCOC1=NC2C=C(C=CC(OC)=C2Br)C(O[C@@H]2CC(C(N)=O)N(C)C2)=C1. The van der Waals surface area contributed by atoms with E-state index in [9.17, 15) is 4.79 Å². The normalized spacial score (nSPS) is 28.0. The number of nitrogens with two attached hydrogens (primary N) is 1. The van der Waals surface area contributed by atoms with Gasteiger partial charge in [0.1, 0.15) is 23.7 Å². The molecule has 0 spiro atoms. The van der Waals surface area contributed by atoms with Crippen LogP contribution in [0.4, 0.5) is 0 Å². The number of amides is 1. The van der Waals surface area contributed by atoms with Crippen LogP contribution in [0.25, 0.3) is 0 Å². The van der Waals surface area contributed by atoms with Gasteiger partial charge in [-0.1, -0.05) is 0 Å². The van der Waals surface area contributed by atoms with Gasteiger partial charge in [-0.05, 0) is 48.1 Å². The molecule has 0 radical (unpaired) electrons. The van der Waals surface area contributed by atoms with E-state index in [0.29, 0.717) is 37.0 Å². The lowest BCUT2D eigenvalue weighted by molar-refractivity contribution is -0.121. The maximum atomic E-state index is 11.6. The van der Waals surface area contributed by atoms with E-state index in [-0.39, 0.29) is 24.1 Å². The van der Waals surface area contributed by atoms with E-state index in [1.807, 2.05) is 37.1 Å². The summed E-state index contributed by atoms with van der Waals surface area (Å²) in [6.45, 7) is 3.03. The number of ether oxygens (including phenoxy) is 3. The van der Waals surface area contributed by atoms with Crippen molar-refractivity contribution in [3.8, 4) is 0 Å². The minimum absolute atomic E-state index is 0.144. The molecule has 3 atom stereocenters. The van der Waals surface area contributed by atoms with Crippen molar-refractivity contribution >= 4 is 27.7 Å². The smallest absolute Gasteiger partial charge is 0.234 e. The second-order valence-corrected chi connectivity index (χ2v) is 7.41. The van der Waals surface area contributed by atoms with Gasteiger partial charge in [-0.3, -0.25) is 9.69 Å². The largest absolute Gasteiger partial charge is 0.496 e. The highest BCUT2D eigenvalue weighted by molar-refractivity contribution is 9.11. The fraction of sp³-hybridized carbons (Fsp3) is 0.474. The van der Waals surface area contributed by atoms with Crippen molar-refractivity contribution in [2.75, 3.05) is 27.3 Å². The fourth-order valence-corrected chi connectivity index (χ4v) is 3.89. The van der Waals surface area contributed by atoms with Gasteiger partial charge in [-0.2, -0.15) is 0 Å². The van der Waals surface area contributed by atoms with Crippen LogP contribution in [0.5, 0.6) is 0 Å². The molecule has 0 aromatic rings. The van der Waals surface area contributed by atoms with Gasteiger partial charge in [-0.15, -0.1) is 0 Å². The molecule has 1 saturated heterocycles. The second-order valence-electron chi connectivity index (χ2n) is 6.56. The Balaban J connectivity index is 1.88. The predicted molar refractivity (Wildman–Crippen MR) is 106 cm³/mol. The topological polar surface area (TPSA) is 86.4 Å². The Morgan fingerprint density at radius 2 is 2.22 bits per heavy atom. The molecule has 0 aromatic heterocycles. The number of hydrogen-bond acceptors (Lipinski definition) is 6. The number of methoxy groups -OCH3 is 1. The van der Waals surface area contributed by atoms with E-state index in [1.165, 1.54) is 0 Å². The number of carbonyl (C=O) groups is 1. The maximum absolute atomic E-state index is 11.6. The summed E-state index contributed by atoms with van der Waals surface area (Å²) in [6.07, 6.45) is 8.01. The fourth-order valence-electron chi connectivity index (χ4n) is 3.36. The van der Waals surface area contributed by atoms with Crippen LogP contribution >= 0.6 is 15.9 Å². The molecular weight excluding hydrogens is 414 g/mol. The summed E-state index contributed by atoms with van der Waals surface area (Å²) in [4.78, 5) is 18.2. The molecule has 8 heteroatoms. The van der Waals surface area contributed by atoms with Crippen molar-refractivity contribution in [3.63, 3.8) is 0 Å². The highest BCUT2D eigenvalue weighted by atomic mass is 79.9. The summed E-state index contributed by atoms with van der Waals surface area (Å²) in [7, 11) is 3.49. The van der Waals surface area contributed by atoms with Crippen molar-refractivity contribution in [3.05, 3.63) is 45.9 Å². The standard InChI is InChI=1S/C19H24BrN3O4/c1-4-26-17-9-16(27-12-8-14(19(21)24)23(2)10-12)11-5-6-15(25-3)18(20)13(7-11)22-17/h5-7,9,12-14H,4,8,10H2,1-3H3,(H2,21,24)/t12-,13?,14?/m1/s1. The van der Waals surface area contributed by atoms with Crippen LogP contribution in [0.3, 0.4) is 0 Å². The Morgan fingerprint density at radius 3 is 2.85 bits per heavy atom. The number of halogens is 1. The number of carbonyl (C=O) groups excluding carboxylic acids is 1. The molecule has 1 fully saturated rings. The van der Waals surface area contributed by atoms with Crippen molar-refractivity contribution in [1.82, 2.24) is 4.90 Å². The zero-order valence-electron chi connectivity index (χ0n) is 15.6. The van der Waals surface area contributed by atoms with Crippen LogP contribution < -0.4 is 5.73 Å². The number of fused-ring (bicyclic) bond motifs is 1. The molecule has 146 valence electrons. The number of hydrogen-bond donors (Lipinski definition) is 1. The Morgan fingerprint density at radius 1 is 1.44 bits per heavy atom. The highest BCUT2D eigenvalue weighted by Crippen LogP contribution is 2.32. The number of aliphatic imine (C=N–C) groups is 1. The van der Waals surface area contributed by atoms with Gasteiger partial charge in [0.2, 0.25) is 11.8 Å². The summed E-state index contributed by atoms with van der Waals surface area (Å²) >= 11 is 3.58. The summed E-state index contributed by atoms with van der Waals surface area (Å²) < 4.78 is 18.2. The average molecular weight is 438 g/mol. The molecule has 1 amide bonds. The van der Waals surface area contributed by atoms with E-state index in [1.54, 1.807) is 13.2 Å². The average Bonchev–Trinajstić information content (AvgIpc) is 2.80. The van der Waals surface area contributed by atoms with E-state index in [2.05, 4.69) is 20.9 Å². The minimum Gasteiger partial charge on any atom is -0.496 e. The molecule has 2 aliphatic heterocycles. The number of allylic oxidation sites excluding steroid dienone is 2. The molecule has 2 unspecified atom stereocenters. The van der Waals surface area contributed by atoms with Crippen LogP contribution in [-0.2, 0) is 19.0 Å². The number of rotatable bonds is 5. The maximum Gasteiger partial charge on any atom is 0.234 e. The minimum atomic E-state index is -0.332. The Bertz CT molecular complexity index is 769. The molecule has 3 rings (SSSR count). The van der Waals surface area contributed by atoms with Crippen LogP contribution in [0.1, 0.15) is 13.3 Å². The van der Waals surface area contributed by atoms with Crippen LogP contribution in [0, 0.1) is 0 Å². The van der Waals surface area contributed by atoms with Crippen LogP contribution in [0.15, 0.2) is 50.9 Å². The quantitative estimate of drug-likeness (QED) is 0.710. The summed E-state index contributed by atoms with van der Waals surface area (Å²) in [6, 6.07) is -0.586. The molecule has 7 nitrogen and oxygen atoms in total. The lowest BCUT2D eigenvalue weighted by atomic mass is 10.1. The van der Waals surface area contributed by atoms with E-state index in [0.717, 1.165) is 10.1 Å². The van der Waals surface area contributed by atoms with Gasteiger partial charge in [0, 0.05) is 24.6 Å². The van der Waals surface area contributed by atoms with Crippen LogP contribution in [-0.4, -0.2) is 62.2 Å². The van der Waals surface area contributed by atoms with Crippen molar-refractivity contribution < 1.29 is 19.0 Å².